The van der Waals surface area contributed by atoms with E-state index in [0.717, 1.165) is 0 Å². The predicted molar refractivity (Wildman–Crippen MR) is 80.3 cm³/mol. The number of rotatable bonds is 5. The molecular formula is C17H24N2. The lowest BCUT2D eigenvalue weighted by molar-refractivity contribution is 0.326. The zero-order valence-corrected chi connectivity index (χ0v) is 11.6. The zero-order chi connectivity index (χ0) is 12.9. The highest BCUT2D eigenvalue weighted by Gasteiger charge is 2.24. The highest BCUT2D eigenvalue weighted by Crippen LogP contribution is 2.15. The van der Waals surface area contributed by atoms with E-state index in [9.17, 15) is 0 Å². The summed E-state index contributed by atoms with van der Waals surface area (Å²) in [7, 11) is 0. The summed E-state index contributed by atoms with van der Waals surface area (Å²) in [5.74, 6) is 0. The van der Waals surface area contributed by atoms with Crippen LogP contribution in [0, 0.1) is 0 Å². The molecule has 1 aromatic rings. The van der Waals surface area contributed by atoms with Gasteiger partial charge in [-0.15, -0.1) is 0 Å². The van der Waals surface area contributed by atoms with Crippen molar-refractivity contribution in [2.75, 3.05) is 19.6 Å². The van der Waals surface area contributed by atoms with E-state index in [1.54, 1.807) is 0 Å². The van der Waals surface area contributed by atoms with E-state index in [-0.39, 0.29) is 0 Å². The Balaban J connectivity index is 1.39. The molecule has 1 aliphatic carbocycles. The molecule has 1 aliphatic heterocycles. The zero-order valence-electron chi connectivity index (χ0n) is 11.6. The van der Waals surface area contributed by atoms with Gasteiger partial charge in [0.2, 0.25) is 0 Å². The number of hydrogen-bond acceptors (Lipinski definition) is 2. The number of benzene rings is 1. The first kappa shape index (κ1) is 12.9. The Morgan fingerprint density at radius 2 is 1.84 bits per heavy atom. The standard InChI is InChI=1S/C17H24N2/c1-2-6-15(7-3-1)10-12-19-13-11-17(14-19)18-16-8-4-5-9-16/h1-7,16-18H,8-14H2. The van der Waals surface area contributed by atoms with Crippen LogP contribution >= 0.6 is 0 Å². The van der Waals surface area contributed by atoms with Crippen molar-refractivity contribution in [2.24, 2.45) is 0 Å². The molecule has 1 aromatic carbocycles. The first-order valence-corrected chi connectivity index (χ1v) is 7.57. The summed E-state index contributed by atoms with van der Waals surface area (Å²) in [5, 5.41) is 3.80. The van der Waals surface area contributed by atoms with Crippen molar-refractivity contribution >= 4 is 0 Å². The summed E-state index contributed by atoms with van der Waals surface area (Å²) in [6.07, 6.45) is 9.55. The number of hydrogen-bond donors (Lipinski definition) is 1. The molecule has 2 heteroatoms. The Kier molecular flexibility index (Phi) is 4.31. The van der Waals surface area contributed by atoms with Gasteiger partial charge in [-0.25, -0.2) is 0 Å². The summed E-state index contributed by atoms with van der Waals surface area (Å²) in [6.45, 7) is 3.68. The number of nitrogens with one attached hydrogen (secondary N) is 1. The van der Waals surface area contributed by atoms with Gasteiger partial charge in [-0.1, -0.05) is 42.5 Å². The minimum absolute atomic E-state index is 0.707. The van der Waals surface area contributed by atoms with E-state index in [2.05, 4.69) is 52.7 Å². The molecule has 3 rings (SSSR count). The van der Waals surface area contributed by atoms with Crippen molar-refractivity contribution in [3.05, 3.63) is 48.0 Å². The Morgan fingerprint density at radius 1 is 1.05 bits per heavy atom. The second kappa shape index (κ2) is 6.36. The third-order valence-corrected chi connectivity index (χ3v) is 4.31. The smallest absolute Gasteiger partial charge is 0.0210 e. The van der Waals surface area contributed by atoms with E-state index in [1.165, 1.54) is 50.9 Å². The van der Waals surface area contributed by atoms with Crippen LogP contribution in [0.15, 0.2) is 42.5 Å². The van der Waals surface area contributed by atoms with E-state index >= 15 is 0 Å². The van der Waals surface area contributed by atoms with Crippen LogP contribution in [0.1, 0.15) is 24.8 Å². The molecular weight excluding hydrogens is 232 g/mol. The molecule has 1 unspecified atom stereocenters. The molecule has 1 fully saturated rings. The monoisotopic (exact) mass is 256 g/mol. The van der Waals surface area contributed by atoms with Crippen LogP contribution in [0.3, 0.4) is 0 Å². The largest absolute Gasteiger partial charge is 0.309 e. The molecule has 1 atom stereocenters. The maximum absolute atomic E-state index is 3.80. The van der Waals surface area contributed by atoms with Crippen molar-refractivity contribution < 1.29 is 0 Å². The fourth-order valence-electron chi connectivity index (χ4n) is 3.19. The number of likely N-dealkylation sites (tertiary alicyclic amines) is 1. The average molecular weight is 256 g/mol. The molecule has 0 amide bonds. The van der Waals surface area contributed by atoms with E-state index in [1.807, 2.05) is 0 Å². The predicted octanol–water partition coefficient (Wildman–Crippen LogP) is 2.61. The maximum Gasteiger partial charge on any atom is 0.0210 e. The van der Waals surface area contributed by atoms with E-state index < -0.39 is 0 Å². The van der Waals surface area contributed by atoms with Crippen LogP contribution in [-0.2, 0) is 6.42 Å². The summed E-state index contributed by atoms with van der Waals surface area (Å²) >= 11 is 0. The Hall–Kier alpha value is -1.12. The lowest BCUT2D eigenvalue weighted by Gasteiger charge is -2.20. The molecule has 0 aromatic heterocycles. The van der Waals surface area contributed by atoms with E-state index in [0.29, 0.717) is 12.1 Å². The second-order valence-corrected chi connectivity index (χ2v) is 5.83. The van der Waals surface area contributed by atoms with E-state index in [4.69, 9.17) is 0 Å². The lowest BCUT2D eigenvalue weighted by atomic mass is 10.1. The minimum Gasteiger partial charge on any atom is -0.309 e. The second-order valence-electron chi connectivity index (χ2n) is 5.83. The molecule has 19 heavy (non-hydrogen) atoms. The highest BCUT2D eigenvalue weighted by molar-refractivity contribution is 5.15. The third-order valence-electron chi connectivity index (χ3n) is 4.31. The van der Waals surface area contributed by atoms with Gasteiger partial charge in [0.15, 0.2) is 0 Å². The molecule has 0 saturated carbocycles. The first-order valence-electron chi connectivity index (χ1n) is 7.57. The first-order chi connectivity index (χ1) is 9.40. The molecule has 0 bridgehead atoms. The fourth-order valence-corrected chi connectivity index (χ4v) is 3.19. The van der Waals surface area contributed by atoms with Crippen molar-refractivity contribution in [3.8, 4) is 0 Å². The quantitative estimate of drug-likeness (QED) is 0.815. The molecule has 2 aliphatic rings. The summed E-state index contributed by atoms with van der Waals surface area (Å²) in [5.41, 5.74) is 1.46. The van der Waals surface area contributed by atoms with Gasteiger partial charge in [-0.05, 0) is 37.8 Å². The molecule has 1 heterocycles. The van der Waals surface area contributed by atoms with Crippen molar-refractivity contribution in [2.45, 2.75) is 37.8 Å². The molecule has 1 N–H and O–H groups in total. The molecule has 0 radical (unpaired) electrons. The van der Waals surface area contributed by atoms with Gasteiger partial charge in [-0.2, -0.15) is 0 Å². The molecule has 102 valence electrons. The van der Waals surface area contributed by atoms with Crippen LogP contribution in [0.25, 0.3) is 0 Å². The van der Waals surface area contributed by atoms with Crippen LogP contribution in [0.5, 0.6) is 0 Å². The van der Waals surface area contributed by atoms with Gasteiger partial charge in [0, 0.05) is 25.2 Å². The molecule has 0 spiro atoms. The Bertz CT molecular complexity index is 405. The summed E-state index contributed by atoms with van der Waals surface area (Å²) in [4.78, 5) is 2.60. The normalized spacial score (nSPS) is 24.3. The average Bonchev–Trinajstić information content (AvgIpc) is 3.10. The highest BCUT2D eigenvalue weighted by atomic mass is 15.2. The number of nitrogens with zero attached hydrogens (tertiary/aromatic N) is 1. The van der Waals surface area contributed by atoms with Gasteiger partial charge in [0.25, 0.3) is 0 Å². The summed E-state index contributed by atoms with van der Waals surface area (Å²) < 4.78 is 0. The van der Waals surface area contributed by atoms with Crippen molar-refractivity contribution in [1.29, 1.82) is 0 Å². The van der Waals surface area contributed by atoms with Gasteiger partial charge in [0.05, 0.1) is 0 Å². The SMILES string of the molecule is C1=CCC(NC2CCN(CCc3ccccc3)C2)C1. The van der Waals surface area contributed by atoms with Gasteiger partial charge < -0.3 is 10.2 Å². The van der Waals surface area contributed by atoms with Crippen LogP contribution < -0.4 is 5.32 Å². The van der Waals surface area contributed by atoms with Gasteiger partial charge in [-0.3, -0.25) is 0 Å². The van der Waals surface area contributed by atoms with Gasteiger partial charge in [0.1, 0.15) is 0 Å². The van der Waals surface area contributed by atoms with Crippen LogP contribution in [0.4, 0.5) is 0 Å². The molecule has 2 nitrogen and oxygen atoms in total. The maximum atomic E-state index is 3.80. The fraction of sp³-hybridized carbons (Fsp3) is 0.529. The Labute approximate surface area is 116 Å². The van der Waals surface area contributed by atoms with Gasteiger partial charge >= 0.3 is 0 Å². The third kappa shape index (κ3) is 3.68. The molecule has 1 saturated heterocycles. The van der Waals surface area contributed by atoms with Crippen LogP contribution in [0.2, 0.25) is 0 Å². The minimum atomic E-state index is 0.707. The van der Waals surface area contributed by atoms with Crippen molar-refractivity contribution in [1.82, 2.24) is 10.2 Å². The topological polar surface area (TPSA) is 15.3 Å². The lowest BCUT2D eigenvalue weighted by Crippen LogP contribution is -2.39. The summed E-state index contributed by atoms with van der Waals surface area (Å²) in [6, 6.07) is 12.2. The Morgan fingerprint density at radius 3 is 2.63 bits per heavy atom. The van der Waals surface area contributed by atoms with Crippen molar-refractivity contribution in [3.63, 3.8) is 0 Å². The van der Waals surface area contributed by atoms with Crippen LogP contribution in [-0.4, -0.2) is 36.6 Å².